The molecule has 0 aliphatic carbocycles. The van der Waals surface area contributed by atoms with Crippen molar-refractivity contribution in [2.24, 2.45) is 0 Å². The molecule has 132 valence electrons. The average molecular weight is 339 g/mol. The van der Waals surface area contributed by atoms with Gasteiger partial charge in [-0.1, -0.05) is 29.8 Å². The maximum atomic E-state index is 12.2. The van der Waals surface area contributed by atoms with Crippen LogP contribution in [0.4, 0.5) is 0 Å². The third-order valence-corrected chi connectivity index (χ3v) is 4.09. The highest BCUT2D eigenvalue weighted by Gasteiger charge is 2.10. The average Bonchev–Trinajstić information content (AvgIpc) is 2.61. The van der Waals surface area contributed by atoms with Gasteiger partial charge < -0.3 is 14.8 Å². The van der Waals surface area contributed by atoms with Crippen molar-refractivity contribution in [3.8, 4) is 11.5 Å². The summed E-state index contributed by atoms with van der Waals surface area (Å²) in [4.78, 5) is 12.2. The van der Waals surface area contributed by atoms with Crippen LogP contribution in [0.5, 0.6) is 11.5 Å². The second-order valence-corrected chi connectivity index (χ2v) is 6.04. The van der Waals surface area contributed by atoms with Crippen LogP contribution >= 0.6 is 0 Å². The van der Waals surface area contributed by atoms with E-state index >= 15 is 0 Å². The van der Waals surface area contributed by atoms with Crippen molar-refractivity contribution in [3.63, 3.8) is 0 Å². The highest BCUT2D eigenvalue weighted by Crippen LogP contribution is 2.28. The van der Waals surface area contributed by atoms with E-state index in [1.54, 1.807) is 20.3 Å². The van der Waals surface area contributed by atoms with Crippen LogP contribution in [-0.4, -0.2) is 20.1 Å². The zero-order valence-corrected chi connectivity index (χ0v) is 15.4. The number of methoxy groups -OCH3 is 2. The van der Waals surface area contributed by atoms with Crippen molar-refractivity contribution in [1.82, 2.24) is 5.32 Å². The first-order valence-corrected chi connectivity index (χ1v) is 8.22. The fourth-order valence-corrected chi connectivity index (χ4v) is 2.69. The molecule has 0 bridgehead atoms. The van der Waals surface area contributed by atoms with Gasteiger partial charge in [0.2, 0.25) is 5.91 Å². The maximum absolute atomic E-state index is 12.2. The highest BCUT2D eigenvalue weighted by atomic mass is 16.5. The molecular formula is C21H25NO3. The first kappa shape index (κ1) is 18.6. The first-order valence-electron chi connectivity index (χ1n) is 8.22. The Hall–Kier alpha value is -2.75. The third-order valence-electron chi connectivity index (χ3n) is 4.09. The lowest BCUT2D eigenvalue weighted by Crippen LogP contribution is -2.25. The summed E-state index contributed by atoms with van der Waals surface area (Å²) in [5.74, 6) is 1.16. The molecular weight excluding hydrogens is 314 g/mol. The summed E-state index contributed by atoms with van der Waals surface area (Å²) in [6.07, 6.45) is 3.29. The Morgan fingerprint density at radius 3 is 2.44 bits per heavy atom. The molecule has 0 aromatic heterocycles. The van der Waals surface area contributed by atoms with Crippen LogP contribution in [0.25, 0.3) is 6.08 Å². The number of nitrogens with one attached hydrogen (secondary N) is 1. The van der Waals surface area contributed by atoms with E-state index in [4.69, 9.17) is 9.47 Å². The molecule has 0 fully saturated rings. The van der Waals surface area contributed by atoms with E-state index in [1.165, 1.54) is 17.2 Å². The Balaban J connectivity index is 2.06. The van der Waals surface area contributed by atoms with Gasteiger partial charge in [0.05, 0.1) is 20.3 Å². The van der Waals surface area contributed by atoms with Gasteiger partial charge in [0, 0.05) is 6.08 Å². The Morgan fingerprint density at radius 1 is 1.04 bits per heavy atom. The molecule has 1 amide bonds. The van der Waals surface area contributed by atoms with Gasteiger partial charge in [0.1, 0.15) is 0 Å². The monoisotopic (exact) mass is 339 g/mol. The van der Waals surface area contributed by atoms with Gasteiger partial charge >= 0.3 is 0 Å². The molecule has 0 aliphatic heterocycles. The van der Waals surface area contributed by atoms with Crippen molar-refractivity contribution in [1.29, 1.82) is 0 Å². The van der Waals surface area contributed by atoms with Crippen LogP contribution in [0.3, 0.4) is 0 Å². The summed E-state index contributed by atoms with van der Waals surface area (Å²) >= 11 is 0. The highest BCUT2D eigenvalue weighted by molar-refractivity contribution is 5.92. The van der Waals surface area contributed by atoms with Gasteiger partial charge in [0.15, 0.2) is 11.5 Å². The zero-order valence-electron chi connectivity index (χ0n) is 15.4. The van der Waals surface area contributed by atoms with E-state index in [0.717, 1.165) is 11.1 Å². The first-order chi connectivity index (χ1) is 11.9. The van der Waals surface area contributed by atoms with Crippen molar-refractivity contribution in [2.45, 2.75) is 26.8 Å². The Bertz CT molecular complexity index is 781. The number of aryl methyl sites for hydroxylation is 2. The van der Waals surface area contributed by atoms with E-state index in [0.29, 0.717) is 11.5 Å². The summed E-state index contributed by atoms with van der Waals surface area (Å²) in [6, 6.07) is 11.7. The zero-order chi connectivity index (χ0) is 18.4. The lowest BCUT2D eigenvalue weighted by atomic mass is 10.00. The minimum Gasteiger partial charge on any atom is -0.493 e. The predicted molar refractivity (Wildman–Crippen MR) is 101 cm³/mol. The number of hydrogen-bond acceptors (Lipinski definition) is 3. The van der Waals surface area contributed by atoms with Crippen molar-refractivity contribution < 1.29 is 14.3 Å². The standard InChI is InChI=1S/C21H25NO3/c1-14-6-7-15(2)18(12-14)16(3)22-21(23)11-9-17-8-10-19(24-4)20(13-17)25-5/h6-13,16H,1-5H3,(H,22,23)/b11-9+/t16-/m1/s1. The van der Waals surface area contributed by atoms with Crippen LogP contribution < -0.4 is 14.8 Å². The number of ether oxygens (including phenoxy) is 2. The SMILES string of the molecule is COc1ccc(/C=C/C(=O)N[C@H](C)c2cc(C)ccc2C)cc1OC. The Kier molecular flexibility index (Phi) is 6.23. The molecule has 25 heavy (non-hydrogen) atoms. The van der Waals surface area contributed by atoms with E-state index in [2.05, 4.69) is 37.4 Å². The predicted octanol–water partition coefficient (Wildman–Crippen LogP) is 4.21. The minimum atomic E-state index is -0.136. The molecule has 0 heterocycles. The van der Waals surface area contributed by atoms with Crippen molar-refractivity contribution in [3.05, 3.63) is 64.7 Å². The number of rotatable bonds is 6. The number of hydrogen-bond donors (Lipinski definition) is 1. The fourth-order valence-electron chi connectivity index (χ4n) is 2.69. The summed E-state index contributed by atoms with van der Waals surface area (Å²) in [7, 11) is 3.18. The van der Waals surface area contributed by atoms with Crippen LogP contribution in [-0.2, 0) is 4.79 Å². The second-order valence-electron chi connectivity index (χ2n) is 6.04. The summed E-state index contributed by atoms with van der Waals surface area (Å²) in [5.41, 5.74) is 4.35. The van der Waals surface area contributed by atoms with Crippen LogP contribution in [0.15, 0.2) is 42.5 Å². The summed E-state index contributed by atoms with van der Waals surface area (Å²) in [6.45, 7) is 6.09. The van der Waals surface area contributed by atoms with Crippen molar-refractivity contribution in [2.75, 3.05) is 14.2 Å². The maximum Gasteiger partial charge on any atom is 0.244 e. The topological polar surface area (TPSA) is 47.6 Å². The molecule has 4 nitrogen and oxygen atoms in total. The van der Waals surface area contributed by atoms with Gasteiger partial charge in [-0.3, -0.25) is 4.79 Å². The van der Waals surface area contributed by atoms with E-state index in [1.807, 2.05) is 25.1 Å². The molecule has 2 rings (SSSR count). The number of carbonyl (C=O) groups excluding carboxylic acids is 1. The molecule has 0 spiro atoms. The quantitative estimate of drug-likeness (QED) is 0.802. The lowest BCUT2D eigenvalue weighted by molar-refractivity contribution is -0.117. The number of benzene rings is 2. The number of carbonyl (C=O) groups is 1. The fraction of sp³-hybridized carbons (Fsp3) is 0.286. The molecule has 2 aromatic rings. The van der Waals surface area contributed by atoms with Gasteiger partial charge in [0.25, 0.3) is 0 Å². The molecule has 0 unspecified atom stereocenters. The molecule has 0 saturated heterocycles. The third kappa shape index (κ3) is 4.86. The van der Waals surface area contributed by atoms with Gasteiger partial charge in [-0.2, -0.15) is 0 Å². The Labute approximate surface area is 149 Å². The molecule has 2 aromatic carbocycles. The molecule has 1 N–H and O–H groups in total. The Morgan fingerprint density at radius 2 is 1.76 bits per heavy atom. The molecule has 0 saturated carbocycles. The summed E-state index contributed by atoms with van der Waals surface area (Å²) < 4.78 is 10.5. The second kappa shape index (κ2) is 8.38. The number of amides is 1. The molecule has 0 radical (unpaired) electrons. The van der Waals surface area contributed by atoms with Crippen LogP contribution in [0, 0.1) is 13.8 Å². The van der Waals surface area contributed by atoms with Gasteiger partial charge in [-0.25, -0.2) is 0 Å². The van der Waals surface area contributed by atoms with Crippen LogP contribution in [0.1, 0.15) is 35.2 Å². The van der Waals surface area contributed by atoms with Crippen LogP contribution in [0.2, 0.25) is 0 Å². The van der Waals surface area contributed by atoms with E-state index in [9.17, 15) is 4.79 Å². The van der Waals surface area contributed by atoms with E-state index < -0.39 is 0 Å². The molecule has 4 heteroatoms. The van der Waals surface area contributed by atoms with Gasteiger partial charge in [-0.15, -0.1) is 0 Å². The summed E-state index contributed by atoms with van der Waals surface area (Å²) in [5, 5.41) is 3.00. The molecule has 0 aliphatic rings. The lowest BCUT2D eigenvalue weighted by Gasteiger charge is -2.16. The minimum absolute atomic E-state index is 0.0533. The van der Waals surface area contributed by atoms with E-state index in [-0.39, 0.29) is 11.9 Å². The van der Waals surface area contributed by atoms with Crippen molar-refractivity contribution >= 4 is 12.0 Å². The van der Waals surface area contributed by atoms with Gasteiger partial charge in [-0.05, 0) is 55.7 Å². The smallest absolute Gasteiger partial charge is 0.244 e. The normalized spacial score (nSPS) is 12.0. The molecule has 1 atom stereocenters. The largest absolute Gasteiger partial charge is 0.493 e.